The number of likely N-dealkylation sites (tertiary alicyclic amines) is 1. The van der Waals surface area contributed by atoms with Gasteiger partial charge in [0.15, 0.2) is 0 Å². The standard InChI is InChI=1S/C17H22N4O2/c1-20-12-15(23-2)8-16(20)17(22)19-14-9-18-21(11-14)10-13-6-4-3-5-7-13/h3-7,9,11,15-16H,8,10,12H2,1-2H3,(H,19,22)/t15-,16-/m0/s1. The van der Waals surface area contributed by atoms with Crippen molar-refractivity contribution in [1.29, 1.82) is 0 Å². The topological polar surface area (TPSA) is 59.4 Å². The Morgan fingerprint density at radius 3 is 2.87 bits per heavy atom. The van der Waals surface area contributed by atoms with Crippen molar-refractivity contribution < 1.29 is 9.53 Å². The Labute approximate surface area is 136 Å². The summed E-state index contributed by atoms with van der Waals surface area (Å²) >= 11 is 0. The van der Waals surface area contributed by atoms with Gasteiger partial charge < -0.3 is 10.1 Å². The van der Waals surface area contributed by atoms with Gasteiger partial charge in [0.2, 0.25) is 5.91 Å². The highest BCUT2D eigenvalue weighted by Gasteiger charge is 2.34. The van der Waals surface area contributed by atoms with E-state index in [4.69, 9.17) is 4.74 Å². The number of ether oxygens (including phenoxy) is 1. The van der Waals surface area contributed by atoms with Gasteiger partial charge in [-0.15, -0.1) is 0 Å². The van der Waals surface area contributed by atoms with Crippen molar-refractivity contribution >= 4 is 11.6 Å². The second kappa shape index (κ2) is 6.93. The van der Waals surface area contributed by atoms with E-state index >= 15 is 0 Å². The Morgan fingerprint density at radius 1 is 1.39 bits per heavy atom. The van der Waals surface area contributed by atoms with Crippen LogP contribution in [0, 0.1) is 0 Å². The minimum Gasteiger partial charge on any atom is -0.380 e. The molecule has 23 heavy (non-hydrogen) atoms. The van der Waals surface area contributed by atoms with Crippen LogP contribution in [0.15, 0.2) is 42.7 Å². The lowest BCUT2D eigenvalue weighted by Crippen LogP contribution is -2.36. The number of amides is 1. The zero-order chi connectivity index (χ0) is 16.2. The molecular formula is C17H22N4O2. The Hall–Kier alpha value is -2.18. The van der Waals surface area contributed by atoms with Crippen LogP contribution in [-0.2, 0) is 16.1 Å². The van der Waals surface area contributed by atoms with Crippen molar-refractivity contribution in [3.05, 3.63) is 48.3 Å². The third-order valence-electron chi connectivity index (χ3n) is 4.23. The van der Waals surface area contributed by atoms with Gasteiger partial charge in [-0.3, -0.25) is 14.4 Å². The van der Waals surface area contributed by atoms with Gasteiger partial charge in [-0.25, -0.2) is 0 Å². The fourth-order valence-corrected chi connectivity index (χ4v) is 2.94. The van der Waals surface area contributed by atoms with Gasteiger partial charge in [-0.1, -0.05) is 30.3 Å². The fourth-order valence-electron chi connectivity index (χ4n) is 2.94. The molecule has 1 fully saturated rings. The summed E-state index contributed by atoms with van der Waals surface area (Å²) in [6.45, 7) is 1.47. The number of nitrogens with one attached hydrogen (secondary N) is 1. The number of benzene rings is 1. The van der Waals surface area contributed by atoms with Crippen molar-refractivity contribution in [3.8, 4) is 0 Å². The van der Waals surface area contributed by atoms with Gasteiger partial charge in [0, 0.05) is 19.9 Å². The van der Waals surface area contributed by atoms with Crippen molar-refractivity contribution in [3.63, 3.8) is 0 Å². The number of hydrogen-bond acceptors (Lipinski definition) is 4. The van der Waals surface area contributed by atoms with E-state index in [1.807, 2.05) is 41.0 Å². The van der Waals surface area contributed by atoms with Crippen LogP contribution in [-0.4, -0.2) is 53.4 Å². The first-order valence-corrected chi connectivity index (χ1v) is 7.76. The lowest BCUT2D eigenvalue weighted by Gasteiger charge is -2.17. The van der Waals surface area contributed by atoms with E-state index in [9.17, 15) is 4.79 Å². The van der Waals surface area contributed by atoms with Crippen LogP contribution in [0.1, 0.15) is 12.0 Å². The van der Waals surface area contributed by atoms with Crippen molar-refractivity contribution in [2.75, 3.05) is 26.0 Å². The zero-order valence-electron chi connectivity index (χ0n) is 13.5. The Bertz CT molecular complexity index is 656. The molecule has 2 atom stereocenters. The molecule has 2 aromatic rings. The SMILES string of the molecule is CO[C@H]1C[C@@H](C(=O)Nc2cnn(Cc3ccccc3)c2)N(C)C1. The average Bonchev–Trinajstić information content (AvgIpc) is 3.14. The number of hydrogen-bond donors (Lipinski definition) is 1. The zero-order valence-corrected chi connectivity index (χ0v) is 13.5. The van der Waals surface area contributed by atoms with Crippen LogP contribution < -0.4 is 5.32 Å². The molecule has 122 valence electrons. The molecule has 1 amide bonds. The molecule has 1 aromatic heterocycles. The van der Waals surface area contributed by atoms with E-state index < -0.39 is 0 Å². The number of aromatic nitrogens is 2. The van der Waals surface area contributed by atoms with E-state index in [0.717, 1.165) is 18.7 Å². The normalized spacial score (nSPS) is 21.5. The van der Waals surface area contributed by atoms with Crippen LogP contribution >= 0.6 is 0 Å². The maximum Gasteiger partial charge on any atom is 0.241 e. The molecule has 0 spiro atoms. The smallest absolute Gasteiger partial charge is 0.241 e. The predicted octanol–water partition coefficient (Wildman–Crippen LogP) is 1.59. The summed E-state index contributed by atoms with van der Waals surface area (Å²) in [5.41, 5.74) is 1.90. The third-order valence-corrected chi connectivity index (χ3v) is 4.23. The first-order chi connectivity index (χ1) is 11.2. The highest BCUT2D eigenvalue weighted by Crippen LogP contribution is 2.19. The first-order valence-electron chi connectivity index (χ1n) is 7.76. The Kier molecular flexibility index (Phi) is 4.73. The number of carbonyl (C=O) groups excluding carboxylic acids is 1. The molecule has 1 saturated heterocycles. The number of methoxy groups -OCH3 is 1. The van der Waals surface area contributed by atoms with Crippen LogP contribution in [0.25, 0.3) is 0 Å². The quantitative estimate of drug-likeness (QED) is 0.910. The predicted molar refractivity (Wildman–Crippen MR) is 88.2 cm³/mol. The number of nitrogens with zero attached hydrogens (tertiary/aromatic N) is 3. The molecular weight excluding hydrogens is 292 g/mol. The fraction of sp³-hybridized carbons (Fsp3) is 0.412. The maximum absolute atomic E-state index is 12.4. The van der Waals surface area contributed by atoms with E-state index in [1.165, 1.54) is 5.56 Å². The molecule has 6 nitrogen and oxygen atoms in total. The molecule has 0 radical (unpaired) electrons. The molecule has 0 bridgehead atoms. The third kappa shape index (κ3) is 3.78. The van der Waals surface area contributed by atoms with Gasteiger partial charge >= 0.3 is 0 Å². The van der Waals surface area contributed by atoms with Gasteiger partial charge in [0.1, 0.15) is 0 Å². The highest BCUT2D eigenvalue weighted by atomic mass is 16.5. The van der Waals surface area contributed by atoms with E-state index in [1.54, 1.807) is 13.3 Å². The molecule has 2 heterocycles. The summed E-state index contributed by atoms with van der Waals surface area (Å²) in [5, 5.41) is 7.25. The minimum absolute atomic E-state index is 0.00805. The average molecular weight is 314 g/mol. The van der Waals surface area contributed by atoms with Crippen LogP contribution in [0.2, 0.25) is 0 Å². The van der Waals surface area contributed by atoms with Gasteiger partial charge in [0.25, 0.3) is 0 Å². The highest BCUT2D eigenvalue weighted by molar-refractivity contribution is 5.94. The summed E-state index contributed by atoms with van der Waals surface area (Å²) in [6.07, 6.45) is 4.38. The number of carbonyl (C=O) groups is 1. The van der Waals surface area contributed by atoms with E-state index in [2.05, 4.69) is 22.5 Å². The van der Waals surface area contributed by atoms with Gasteiger partial charge in [0.05, 0.1) is 30.6 Å². The molecule has 1 aliphatic heterocycles. The van der Waals surface area contributed by atoms with Crippen LogP contribution in [0.4, 0.5) is 5.69 Å². The number of anilines is 1. The van der Waals surface area contributed by atoms with E-state index in [-0.39, 0.29) is 18.1 Å². The molecule has 3 rings (SSSR count). The summed E-state index contributed by atoms with van der Waals surface area (Å²) in [4.78, 5) is 14.4. The first kappa shape index (κ1) is 15.7. The molecule has 0 saturated carbocycles. The summed E-state index contributed by atoms with van der Waals surface area (Å²) < 4.78 is 7.17. The lowest BCUT2D eigenvalue weighted by atomic mass is 10.2. The molecule has 1 aromatic carbocycles. The maximum atomic E-state index is 12.4. The van der Waals surface area contributed by atoms with Gasteiger partial charge in [-0.05, 0) is 19.0 Å². The second-order valence-corrected chi connectivity index (χ2v) is 5.95. The monoisotopic (exact) mass is 314 g/mol. The van der Waals surface area contributed by atoms with E-state index in [0.29, 0.717) is 6.54 Å². The lowest BCUT2D eigenvalue weighted by molar-refractivity contribution is -0.120. The Balaban J connectivity index is 1.59. The molecule has 0 aliphatic carbocycles. The molecule has 1 N–H and O–H groups in total. The van der Waals surface area contributed by atoms with Crippen molar-refractivity contribution in [2.24, 2.45) is 0 Å². The van der Waals surface area contributed by atoms with Crippen LogP contribution in [0.3, 0.4) is 0 Å². The summed E-state index contributed by atoms with van der Waals surface area (Å²) in [6, 6.07) is 9.95. The largest absolute Gasteiger partial charge is 0.380 e. The second-order valence-electron chi connectivity index (χ2n) is 5.95. The van der Waals surface area contributed by atoms with Crippen molar-refractivity contribution in [2.45, 2.75) is 25.1 Å². The van der Waals surface area contributed by atoms with Gasteiger partial charge in [-0.2, -0.15) is 5.10 Å². The summed E-state index contributed by atoms with van der Waals surface area (Å²) in [7, 11) is 3.63. The minimum atomic E-state index is -0.155. The van der Waals surface area contributed by atoms with Crippen LogP contribution in [0.5, 0.6) is 0 Å². The number of rotatable bonds is 5. The molecule has 0 unspecified atom stereocenters. The molecule has 1 aliphatic rings. The Morgan fingerprint density at radius 2 is 2.17 bits per heavy atom. The number of likely N-dealkylation sites (N-methyl/N-ethyl adjacent to an activating group) is 1. The van der Waals surface area contributed by atoms with Crippen molar-refractivity contribution in [1.82, 2.24) is 14.7 Å². The summed E-state index contributed by atoms with van der Waals surface area (Å²) in [5.74, 6) is -0.00805. The molecule has 6 heteroatoms.